The van der Waals surface area contributed by atoms with Gasteiger partial charge in [-0.05, 0) is 75.6 Å². The van der Waals surface area contributed by atoms with Crippen LogP contribution in [0.3, 0.4) is 0 Å². The lowest BCUT2D eigenvalue weighted by molar-refractivity contribution is -0.121. The van der Waals surface area contributed by atoms with Gasteiger partial charge in [-0.3, -0.25) is 4.79 Å². The van der Waals surface area contributed by atoms with Crippen molar-refractivity contribution < 1.29 is 23.9 Å². The van der Waals surface area contributed by atoms with E-state index in [9.17, 15) is 14.4 Å². The summed E-state index contributed by atoms with van der Waals surface area (Å²) < 4.78 is 12.5. The van der Waals surface area contributed by atoms with Crippen LogP contribution < -0.4 is 10.6 Å². The molecule has 9 nitrogen and oxygen atoms in total. The van der Waals surface area contributed by atoms with E-state index < -0.39 is 23.8 Å². The first-order valence-corrected chi connectivity index (χ1v) is 17.7. The summed E-state index contributed by atoms with van der Waals surface area (Å²) in [4.78, 5) is 40.3. The number of aryl methyl sites for hydroxylation is 1. The van der Waals surface area contributed by atoms with Crippen LogP contribution in [-0.4, -0.2) is 39.5 Å². The first-order chi connectivity index (χ1) is 23.0. The van der Waals surface area contributed by atoms with Gasteiger partial charge < -0.3 is 20.1 Å². The molecule has 48 heavy (non-hydrogen) atoms. The Morgan fingerprint density at radius 1 is 0.854 bits per heavy atom. The van der Waals surface area contributed by atoms with Crippen LogP contribution in [0.15, 0.2) is 54.6 Å². The zero-order chi connectivity index (χ0) is 34.3. The molecule has 0 bridgehead atoms. The Balaban J connectivity index is 1.36. The molecule has 1 aromatic heterocycles. The highest BCUT2D eigenvalue weighted by Crippen LogP contribution is 2.42. The van der Waals surface area contributed by atoms with Gasteiger partial charge in [-0.25, -0.2) is 9.59 Å². The number of rotatable bonds is 9. The molecule has 0 unspecified atom stereocenters. The lowest BCUT2D eigenvalue weighted by Crippen LogP contribution is -2.53. The second-order valence-electron chi connectivity index (χ2n) is 14.6. The highest BCUT2D eigenvalue weighted by atomic mass is 16.6. The van der Waals surface area contributed by atoms with Crippen LogP contribution >= 0.6 is 0 Å². The summed E-state index contributed by atoms with van der Waals surface area (Å²) in [5, 5.41) is 10.6. The molecular weight excluding hydrogens is 604 g/mol. The molecule has 9 heteroatoms. The van der Waals surface area contributed by atoms with Gasteiger partial charge in [0.15, 0.2) is 0 Å². The minimum atomic E-state index is -0.712. The number of nitrogens with one attached hydrogen (secondary N) is 2. The summed E-state index contributed by atoms with van der Waals surface area (Å²) in [7, 11) is 0. The van der Waals surface area contributed by atoms with E-state index in [4.69, 9.17) is 9.47 Å². The van der Waals surface area contributed by atoms with Gasteiger partial charge in [0.1, 0.15) is 18.2 Å². The standard InChI is InChI=1S/C39H52N4O5/c1-26-33(27(2)43(42-26)38(46)48-39(3,4)5)31-21-23-32(24-22-31)40-36(44)35(41-37(45)47-25-28-15-9-6-10-16-28)34(29-17-11-7-12-18-29)30-19-13-8-14-20-30/h6,9-10,15-16,21-24,29-30,34-35H,7-8,11-14,17-20,25H2,1-5H3,(H,40,44)(H,41,45)/t35-/m0/s1. The zero-order valence-corrected chi connectivity index (χ0v) is 29.2. The lowest BCUT2D eigenvalue weighted by Gasteiger charge is -2.41. The van der Waals surface area contributed by atoms with Crippen LogP contribution in [0.2, 0.25) is 0 Å². The highest BCUT2D eigenvalue weighted by molar-refractivity contribution is 5.97. The van der Waals surface area contributed by atoms with E-state index in [2.05, 4.69) is 15.7 Å². The molecule has 5 rings (SSSR count). The summed E-state index contributed by atoms with van der Waals surface area (Å²) in [5.41, 5.74) is 3.99. The predicted molar refractivity (Wildman–Crippen MR) is 188 cm³/mol. The fourth-order valence-electron chi connectivity index (χ4n) is 7.68. The maximum atomic E-state index is 14.3. The van der Waals surface area contributed by atoms with Crippen molar-refractivity contribution in [2.24, 2.45) is 17.8 Å². The number of ether oxygens (including phenoxy) is 2. The molecule has 2 fully saturated rings. The molecule has 3 aromatic rings. The molecule has 2 saturated carbocycles. The number of amides is 2. The van der Waals surface area contributed by atoms with E-state index in [1.54, 1.807) is 0 Å². The molecule has 2 aromatic carbocycles. The third-order valence-electron chi connectivity index (χ3n) is 9.84. The number of hydrogen-bond donors (Lipinski definition) is 2. The first kappa shape index (κ1) is 35.2. The molecule has 2 aliphatic rings. The van der Waals surface area contributed by atoms with Crippen molar-refractivity contribution >= 4 is 23.8 Å². The molecule has 0 saturated heterocycles. The van der Waals surface area contributed by atoms with Crippen LogP contribution in [0.4, 0.5) is 15.3 Å². The largest absolute Gasteiger partial charge is 0.445 e. The average molecular weight is 657 g/mol. The third kappa shape index (κ3) is 9.05. The van der Waals surface area contributed by atoms with E-state index in [0.717, 1.165) is 68.1 Å². The van der Waals surface area contributed by atoms with Crippen LogP contribution in [0, 0.1) is 31.6 Å². The number of carbonyl (C=O) groups is 3. The van der Waals surface area contributed by atoms with E-state index in [1.807, 2.05) is 89.2 Å². The van der Waals surface area contributed by atoms with Gasteiger partial charge in [0.25, 0.3) is 0 Å². The average Bonchev–Trinajstić information content (AvgIpc) is 3.38. The fourth-order valence-corrected chi connectivity index (χ4v) is 7.68. The maximum Gasteiger partial charge on any atom is 0.435 e. The molecular formula is C39H52N4O5. The van der Waals surface area contributed by atoms with Crippen molar-refractivity contribution in [2.75, 3.05) is 5.32 Å². The number of aromatic nitrogens is 2. The van der Waals surface area contributed by atoms with Crippen LogP contribution in [-0.2, 0) is 20.9 Å². The van der Waals surface area contributed by atoms with E-state index in [-0.39, 0.29) is 18.4 Å². The SMILES string of the molecule is Cc1nn(C(=O)OC(C)(C)C)c(C)c1-c1ccc(NC(=O)[C@@H](NC(=O)OCc2ccccc2)C(C2CCCCC2)C2CCCCC2)cc1. The maximum absolute atomic E-state index is 14.3. The zero-order valence-electron chi connectivity index (χ0n) is 29.2. The molecule has 2 aliphatic carbocycles. The van der Waals surface area contributed by atoms with Gasteiger partial charge in [0.2, 0.25) is 5.91 Å². The number of hydrogen-bond acceptors (Lipinski definition) is 6. The van der Waals surface area contributed by atoms with Crippen LogP contribution in [0.25, 0.3) is 11.1 Å². The molecule has 0 radical (unpaired) electrons. The first-order valence-electron chi connectivity index (χ1n) is 17.7. The van der Waals surface area contributed by atoms with Crippen molar-refractivity contribution in [2.45, 2.75) is 117 Å². The Morgan fingerprint density at radius 3 is 2.00 bits per heavy atom. The Labute approximate surface area is 285 Å². The topological polar surface area (TPSA) is 112 Å². The monoisotopic (exact) mass is 656 g/mol. The number of carbonyl (C=O) groups excluding carboxylic acids is 3. The summed E-state index contributed by atoms with van der Waals surface area (Å²) in [5.74, 6) is 0.576. The van der Waals surface area contributed by atoms with Crippen LogP contribution in [0.5, 0.6) is 0 Å². The minimum Gasteiger partial charge on any atom is -0.445 e. The van der Waals surface area contributed by atoms with Crippen molar-refractivity contribution in [3.8, 4) is 11.1 Å². The quantitative estimate of drug-likeness (QED) is 0.238. The Bertz CT molecular complexity index is 1510. The molecule has 0 aliphatic heterocycles. The Hall–Kier alpha value is -4.14. The van der Waals surface area contributed by atoms with Gasteiger partial charge in [-0.1, -0.05) is 107 Å². The summed E-state index contributed by atoms with van der Waals surface area (Å²) in [6, 6.07) is 16.4. The molecule has 2 amide bonds. The summed E-state index contributed by atoms with van der Waals surface area (Å²) in [6.07, 6.45) is 10.3. The summed E-state index contributed by atoms with van der Waals surface area (Å²) in [6.45, 7) is 9.32. The number of alkyl carbamates (subject to hydrolysis) is 1. The normalized spacial score (nSPS) is 16.7. The molecule has 1 heterocycles. The van der Waals surface area contributed by atoms with Gasteiger partial charge >= 0.3 is 12.2 Å². The van der Waals surface area contributed by atoms with Crippen LogP contribution in [0.1, 0.15) is 102 Å². The van der Waals surface area contributed by atoms with Gasteiger partial charge in [-0.15, -0.1) is 0 Å². The smallest absolute Gasteiger partial charge is 0.435 e. The van der Waals surface area contributed by atoms with Crippen molar-refractivity contribution in [3.05, 3.63) is 71.5 Å². The molecule has 2 N–H and O–H groups in total. The van der Waals surface area contributed by atoms with Crippen molar-refractivity contribution in [1.29, 1.82) is 0 Å². The Morgan fingerprint density at radius 2 is 1.44 bits per heavy atom. The number of anilines is 1. The van der Waals surface area contributed by atoms with Crippen molar-refractivity contribution in [1.82, 2.24) is 15.1 Å². The Kier molecular flexibility index (Phi) is 11.6. The molecule has 258 valence electrons. The fraction of sp³-hybridized carbons (Fsp3) is 0.538. The van der Waals surface area contributed by atoms with E-state index in [0.29, 0.717) is 28.9 Å². The third-order valence-corrected chi connectivity index (χ3v) is 9.84. The van der Waals surface area contributed by atoms with Gasteiger partial charge in [0, 0.05) is 11.3 Å². The van der Waals surface area contributed by atoms with E-state index in [1.165, 1.54) is 17.5 Å². The minimum absolute atomic E-state index is 0.0399. The second kappa shape index (κ2) is 15.8. The molecule has 0 spiro atoms. The second-order valence-corrected chi connectivity index (χ2v) is 14.6. The van der Waals surface area contributed by atoms with Gasteiger partial charge in [-0.2, -0.15) is 9.78 Å². The van der Waals surface area contributed by atoms with Gasteiger partial charge in [0.05, 0.1) is 11.4 Å². The molecule has 1 atom stereocenters. The summed E-state index contributed by atoms with van der Waals surface area (Å²) >= 11 is 0. The highest BCUT2D eigenvalue weighted by Gasteiger charge is 2.41. The lowest BCUT2D eigenvalue weighted by atomic mass is 9.66. The number of nitrogens with zero attached hydrogens (tertiary/aromatic N) is 2. The van der Waals surface area contributed by atoms with Crippen molar-refractivity contribution in [3.63, 3.8) is 0 Å². The van der Waals surface area contributed by atoms with E-state index >= 15 is 0 Å². The predicted octanol–water partition coefficient (Wildman–Crippen LogP) is 8.96. The number of benzene rings is 2.